The SMILES string of the molecule is CCOc1ccc(-c2nn(-c3ccccc3)cc2C=c2sc3nc(=O)c(Cc4ccc(C)cc4)nn3c2=O)cc1F. The van der Waals surface area contributed by atoms with E-state index in [0.29, 0.717) is 28.0 Å². The van der Waals surface area contributed by atoms with Crippen LogP contribution in [-0.2, 0) is 6.42 Å². The number of rotatable bonds is 7. The molecule has 0 aliphatic heterocycles. The molecule has 0 amide bonds. The maximum absolute atomic E-state index is 14.8. The van der Waals surface area contributed by atoms with Crippen LogP contribution >= 0.6 is 11.3 Å². The summed E-state index contributed by atoms with van der Waals surface area (Å²) in [6.45, 7) is 4.11. The molecule has 6 rings (SSSR count). The van der Waals surface area contributed by atoms with Crippen LogP contribution in [-0.4, -0.2) is 31.0 Å². The Morgan fingerprint density at radius 3 is 2.51 bits per heavy atom. The maximum atomic E-state index is 14.8. The van der Waals surface area contributed by atoms with E-state index in [4.69, 9.17) is 9.84 Å². The van der Waals surface area contributed by atoms with Crippen LogP contribution in [0.15, 0.2) is 88.6 Å². The molecule has 0 atom stereocenters. The molecule has 0 saturated carbocycles. The molecule has 0 spiro atoms. The Bertz CT molecular complexity index is 2050. The first-order valence-corrected chi connectivity index (χ1v) is 13.8. The van der Waals surface area contributed by atoms with Crippen LogP contribution < -0.4 is 20.4 Å². The zero-order valence-electron chi connectivity index (χ0n) is 22.2. The van der Waals surface area contributed by atoms with Crippen LogP contribution in [0.3, 0.4) is 0 Å². The smallest absolute Gasteiger partial charge is 0.296 e. The topological polar surface area (TPSA) is 91.4 Å². The number of ether oxygens (including phenoxy) is 1. The number of hydrogen-bond acceptors (Lipinski definition) is 7. The highest BCUT2D eigenvalue weighted by atomic mass is 32.1. The first-order valence-electron chi connectivity index (χ1n) is 13.0. The molecule has 0 radical (unpaired) electrons. The van der Waals surface area contributed by atoms with Crippen LogP contribution in [0.5, 0.6) is 5.75 Å². The Hall–Kier alpha value is -4.96. The monoisotopic (exact) mass is 565 g/mol. The first kappa shape index (κ1) is 26.3. The van der Waals surface area contributed by atoms with E-state index in [0.717, 1.165) is 28.2 Å². The third-order valence-electron chi connectivity index (χ3n) is 6.50. The minimum atomic E-state index is -0.510. The zero-order valence-corrected chi connectivity index (χ0v) is 23.1. The maximum Gasteiger partial charge on any atom is 0.296 e. The Morgan fingerprint density at radius 1 is 1.00 bits per heavy atom. The molecule has 0 fully saturated rings. The van der Waals surface area contributed by atoms with E-state index in [-0.39, 0.29) is 22.8 Å². The number of thiazole rings is 1. The molecule has 0 N–H and O–H groups in total. The summed E-state index contributed by atoms with van der Waals surface area (Å²) in [7, 11) is 0. The lowest BCUT2D eigenvalue weighted by Crippen LogP contribution is -2.28. The average Bonchev–Trinajstić information content (AvgIpc) is 3.52. The van der Waals surface area contributed by atoms with E-state index in [1.807, 2.05) is 61.5 Å². The fraction of sp³-hybridized carbons (Fsp3) is 0.129. The van der Waals surface area contributed by atoms with Crippen molar-refractivity contribution in [1.29, 1.82) is 0 Å². The van der Waals surface area contributed by atoms with Crippen molar-refractivity contribution in [2.24, 2.45) is 0 Å². The second kappa shape index (κ2) is 10.9. The average molecular weight is 566 g/mol. The summed E-state index contributed by atoms with van der Waals surface area (Å²) in [6.07, 6.45) is 3.71. The van der Waals surface area contributed by atoms with Gasteiger partial charge in [-0.25, -0.2) is 9.07 Å². The van der Waals surface area contributed by atoms with Crippen LogP contribution in [0, 0.1) is 12.7 Å². The predicted octanol–water partition coefficient (Wildman–Crippen LogP) is 4.35. The fourth-order valence-corrected chi connectivity index (χ4v) is 5.34. The molecule has 0 saturated heterocycles. The molecule has 8 nitrogen and oxygen atoms in total. The van der Waals surface area contributed by atoms with Gasteiger partial charge in [0.15, 0.2) is 11.6 Å². The summed E-state index contributed by atoms with van der Waals surface area (Å²) in [6, 6.07) is 21.9. The standard InChI is InChI=1S/C31H24FN5O3S/c1-3-40-26-14-13-21(16-24(26)32)28-22(18-36(35-28)23-7-5-4-6-8-23)17-27-30(39)37-31(41-27)33-29(38)25(34-37)15-20-11-9-19(2)10-12-20/h4-14,16-18H,3,15H2,1-2H3. The number of aryl methyl sites for hydroxylation is 1. The molecular formula is C31H24FN5O3S. The largest absolute Gasteiger partial charge is 0.491 e. The van der Waals surface area contributed by atoms with Crippen molar-refractivity contribution in [2.75, 3.05) is 6.61 Å². The molecule has 0 aliphatic carbocycles. The molecule has 3 heterocycles. The minimum Gasteiger partial charge on any atom is -0.491 e. The van der Waals surface area contributed by atoms with Gasteiger partial charge in [0.25, 0.3) is 11.1 Å². The van der Waals surface area contributed by atoms with E-state index in [9.17, 15) is 14.0 Å². The number of hydrogen-bond donors (Lipinski definition) is 0. The van der Waals surface area contributed by atoms with E-state index >= 15 is 0 Å². The summed E-state index contributed by atoms with van der Waals surface area (Å²) in [5.74, 6) is -0.358. The molecule has 6 aromatic rings. The second-order valence-electron chi connectivity index (χ2n) is 9.43. The van der Waals surface area contributed by atoms with Gasteiger partial charge in [-0.1, -0.05) is 59.4 Å². The second-order valence-corrected chi connectivity index (χ2v) is 10.4. The van der Waals surface area contributed by atoms with Crippen LogP contribution in [0.1, 0.15) is 29.3 Å². The van der Waals surface area contributed by atoms with Gasteiger partial charge in [0, 0.05) is 23.7 Å². The van der Waals surface area contributed by atoms with Gasteiger partial charge in [-0.3, -0.25) is 9.59 Å². The van der Waals surface area contributed by atoms with Gasteiger partial charge in [0.05, 0.1) is 16.8 Å². The Morgan fingerprint density at radius 2 is 1.78 bits per heavy atom. The van der Waals surface area contributed by atoms with Crippen molar-refractivity contribution < 1.29 is 9.13 Å². The van der Waals surface area contributed by atoms with Gasteiger partial charge >= 0.3 is 0 Å². The number of aromatic nitrogens is 5. The molecule has 10 heteroatoms. The van der Waals surface area contributed by atoms with Crippen LogP contribution in [0.2, 0.25) is 0 Å². The highest BCUT2D eigenvalue weighted by Gasteiger charge is 2.16. The molecular weight excluding hydrogens is 541 g/mol. The zero-order chi connectivity index (χ0) is 28.5. The number of benzene rings is 3. The summed E-state index contributed by atoms with van der Waals surface area (Å²) in [5, 5.41) is 9.08. The van der Waals surface area contributed by atoms with Gasteiger partial charge in [-0.2, -0.15) is 19.7 Å². The Kier molecular flexibility index (Phi) is 6.98. The lowest BCUT2D eigenvalue weighted by Gasteiger charge is -2.06. The summed E-state index contributed by atoms with van der Waals surface area (Å²) >= 11 is 1.06. The van der Waals surface area contributed by atoms with Crippen molar-refractivity contribution in [3.63, 3.8) is 0 Å². The summed E-state index contributed by atoms with van der Waals surface area (Å²) < 4.78 is 23.3. The third kappa shape index (κ3) is 5.29. The van der Waals surface area contributed by atoms with E-state index in [1.165, 1.54) is 10.6 Å². The number of halogens is 1. The summed E-state index contributed by atoms with van der Waals surface area (Å²) in [5.41, 5.74) is 3.70. The number of fused-ring (bicyclic) bond motifs is 1. The van der Waals surface area contributed by atoms with Gasteiger partial charge in [-0.15, -0.1) is 0 Å². The highest BCUT2D eigenvalue weighted by molar-refractivity contribution is 7.15. The van der Waals surface area contributed by atoms with Crippen molar-refractivity contribution in [3.05, 3.63) is 132 Å². The molecule has 0 unspecified atom stereocenters. The molecule has 3 aromatic carbocycles. The van der Waals surface area contributed by atoms with Crippen molar-refractivity contribution in [3.8, 4) is 22.7 Å². The van der Waals surface area contributed by atoms with Gasteiger partial charge < -0.3 is 4.74 Å². The number of para-hydroxylation sites is 1. The third-order valence-corrected chi connectivity index (χ3v) is 7.46. The lowest BCUT2D eigenvalue weighted by atomic mass is 10.1. The van der Waals surface area contributed by atoms with E-state index < -0.39 is 16.9 Å². The highest BCUT2D eigenvalue weighted by Crippen LogP contribution is 2.28. The molecule has 0 bridgehead atoms. The van der Waals surface area contributed by atoms with Gasteiger partial charge in [0.1, 0.15) is 11.4 Å². The predicted molar refractivity (Wildman–Crippen MR) is 156 cm³/mol. The molecule has 204 valence electrons. The van der Waals surface area contributed by atoms with Crippen LogP contribution in [0.25, 0.3) is 28.0 Å². The minimum absolute atomic E-state index is 0.152. The molecule has 0 aliphatic rings. The Labute approximate surface area is 237 Å². The lowest BCUT2D eigenvalue weighted by molar-refractivity contribution is 0.321. The van der Waals surface area contributed by atoms with Crippen molar-refractivity contribution >= 4 is 22.4 Å². The summed E-state index contributed by atoms with van der Waals surface area (Å²) in [4.78, 5) is 30.5. The Balaban J connectivity index is 1.47. The van der Waals surface area contributed by atoms with Crippen LogP contribution in [0.4, 0.5) is 4.39 Å². The number of nitrogens with zero attached hydrogens (tertiary/aromatic N) is 5. The van der Waals surface area contributed by atoms with Gasteiger partial charge in [0.2, 0.25) is 4.96 Å². The quantitative estimate of drug-likeness (QED) is 0.286. The fourth-order valence-electron chi connectivity index (χ4n) is 4.44. The van der Waals surface area contributed by atoms with Gasteiger partial charge in [-0.05, 0) is 55.8 Å². The van der Waals surface area contributed by atoms with E-state index in [2.05, 4.69) is 10.1 Å². The van der Waals surface area contributed by atoms with Crippen molar-refractivity contribution in [1.82, 2.24) is 24.4 Å². The normalized spacial score (nSPS) is 11.8. The van der Waals surface area contributed by atoms with Crippen molar-refractivity contribution in [2.45, 2.75) is 20.3 Å². The first-order chi connectivity index (χ1) is 19.9. The molecule has 41 heavy (non-hydrogen) atoms. The van der Waals surface area contributed by atoms with E-state index in [1.54, 1.807) is 36.0 Å². The molecule has 3 aromatic heterocycles.